The molecule has 20 heavy (non-hydrogen) atoms. The summed E-state index contributed by atoms with van der Waals surface area (Å²) in [6.07, 6.45) is 8.11. The molecule has 0 spiro atoms. The van der Waals surface area contributed by atoms with E-state index in [0.29, 0.717) is 25.3 Å². The first kappa shape index (κ1) is 13.7. The highest BCUT2D eigenvalue weighted by atomic mass is 16.6. The van der Waals surface area contributed by atoms with Gasteiger partial charge in [-0.15, -0.1) is 0 Å². The van der Waals surface area contributed by atoms with E-state index < -0.39 is 0 Å². The largest absolute Gasteiger partial charge is 0.486 e. The molecule has 0 radical (unpaired) electrons. The highest BCUT2D eigenvalue weighted by molar-refractivity contribution is 5.48. The normalized spacial score (nSPS) is 21.2. The van der Waals surface area contributed by atoms with Crippen molar-refractivity contribution < 1.29 is 9.47 Å². The predicted molar refractivity (Wildman–Crippen MR) is 80.5 cm³/mol. The fourth-order valence-corrected chi connectivity index (χ4v) is 3.33. The average molecular weight is 275 g/mol. The van der Waals surface area contributed by atoms with E-state index in [-0.39, 0.29) is 0 Å². The van der Waals surface area contributed by atoms with E-state index in [0.717, 1.165) is 11.5 Å². The Labute approximate surface area is 121 Å². The van der Waals surface area contributed by atoms with Gasteiger partial charge in [-0.2, -0.15) is 0 Å². The zero-order chi connectivity index (χ0) is 13.8. The molecule has 1 saturated carbocycles. The van der Waals surface area contributed by atoms with E-state index in [1.165, 1.54) is 44.1 Å². The molecule has 1 aliphatic carbocycles. The topological polar surface area (TPSA) is 30.5 Å². The van der Waals surface area contributed by atoms with Crippen molar-refractivity contribution in [2.45, 2.75) is 57.5 Å². The monoisotopic (exact) mass is 275 g/mol. The van der Waals surface area contributed by atoms with Crippen LogP contribution in [-0.4, -0.2) is 19.3 Å². The van der Waals surface area contributed by atoms with Crippen LogP contribution in [-0.2, 0) is 0 Å². The summed E-state index contributed by atoms with van der Waals surface area (Å²) in [6.45, 7) is 3.54. The quantitative estimate of drug-likeness (QED) is 0.850. The number of hydrogen-bond donors (Lipinski definition) is 1. The zero-order valence-corrected chi connectivity index (χ0v) is 12.4. The van der Waals surface area contributed by atoms with E-state index in [2.05, 4.69) is 24.4 Å². The number of nitrogens with one attached hydrogen (secondary N) is 1. The number of para-hydroxylation sites is 1. The molecule has 0 aromatic heterocycles. The third kappa shape index (κ3) is 3.09. The Morgan fingerprint density at radius 3 is 2.60 bits per heavy atom. The molecule has 1 unspecified atom stereocenters. The minimum absolute atomic E-state index is 0.315. The van der Waals surface area contributed by atoms with Gasteiger partial charge in [-0.25, -0.2) is 0 Å². The minimum Gasteiger partial charge on any atom is -0.486 e. The maximum absolute atomic E-state index is 5.82. The maximum Gasteiger partial charge on any atom is 0.166 e. The van der Waals surface area contributed by atoms with Crippen LogP contribution < -0.4 is 14.8 Å². The second-order valence-corrected chi connectivity index (χ2v) is 5.95. The lowest BCUT2D eigenvalue weighted by atomic mass is 10.0. The molecule has 1 aliphatic heterocycles. The fourth-order valence-electron chi connectivity index (χ4n) is 3.33. The maximum atomic E-state index is 5.82. The highest BCUT2D eigenvalue weighted by Crippen LogP contribution is 2.37. The van der Waals surface area contributed by atoms with Crippen molar-refractivity contribution in [1.29, 1.82) is 0 Å². The van der Waals surface area contributed by atoms with E-state index in [4.69, 9.17) is 9.47 Å². The Bertz CT molecular complexity index is 439. The molecule has 0 amide bonds. The van der Waals surface area contributed by atoms with Crippen molar-refractivity contribution in [3.05, 3.63) is 23.8 Å². The second-order valence-electron chi connectivity index (χ2n) is 5.95. The van der Waals surface area contributed by atoms with Gasteiger partial charge in [-0.1, -0.05) is 37.8 Å². The molecule has 1 heterocycles. The lowest BCUT2D eigenvalue weighted by Crippen LogP contribution is -2.31. The number of fused-ring (bicyclic) bond motifs is 1. The molecule has 1 fully saturated rings. The Kier molecular flexibility index (Phi) is 4.46. The fraction of sp³-hybridized carbons (Fsp3) is 0.647. The summed E-state index contributed by atoms with van der Waals surface area (Å²) in [5.41, 5.74) is 1.23. The number of hydrogen-bond acceptors (Lipinski definition) is 3. The van der Waals surface area contributed by atoms with Gasteiger partial charge in [0.05, 0.1) is 0 Å². The highest BCUT2D eigenvalue weighted by Gasteiger charge is 2.21. The summed E-state index contributed by atoms with van der Waals surface area (Å²) in [7, 11) is 0. The van der Waals surface area contributed by atoms with Crippen LogP contribution in [0.3, 0.4) is 0 Å². The van der Waals surface area contributed by atoms with Crippen LogP contribution in [0, 0.1) is 0 Å². The molecule has 3 heteroatoms. The second kappa shape index (κ2) is 6.49. The van der Waals surface area contributed by atoms with Crippen LogP contribution in [0.4, 0.5) is 0 Å². The van der Waals surface area contributed by atoms with Crippen LogP contribution in [0.25, 0.3) is 0 Å². The standard InChI is InChI=1S/C17H25NO2/c1-13(18-14-7-4-2-3-5-8-14)15-9-6-10-16-17(15)20-12-11-19-16/h6,9-10,13-14,18H,2-5,7-8,11-12H2,1H3. The lowest BCUT2D eigenvalue weighted by Gasteiger charge is -2.27. The van der Waals surface area contributed by atoms with Gasteiger partial charge >= 0.3 is 0 Å². The summed E-state index contributed by atoms with van der Waals surface area (Å²) in [4.78, 5) is 0. The molecule has 1 aromatic rings. The smallest absolute Gasteiger partial charge is 0.166 e. The van der Waals surface area contributed by atoms with Crippen molar-refractivity contribution in [3.8, 4) is 11.5 Å². The Morgan fingerprint density at radius 2 is 1.80 bits per heavy atom. The summed E-state index contributed by atoms with van der Waals surface area (Å²) < 4.78 is 11.5. The van der Waals surface area contributed by atoms with Crippen molar-refractivity contribution in [2.24, 2.45) is 0 Å². The van der Waals surface area contributed by atoms with Crippen LogP contribution in [0.1, 0.15) is 57.1 Å². The van der Waals surface area contributed by atoms with E-state index in [1.54, 1.807) is 0 Å². The Balaban J connectivity index is 1.71. The van der Waals surface area contributed by atoms with Crippen LogP contribution >= 0.6 is 0 Å². The summed E-state index contributed by atoms with van der Waals surface area (Å²) in [5.74, 6) is 1.83. The van der Waals surface area contributed by atoms with Gasteiger partial charge in [-0.3, -0.25) is 0 Å². The van der Waals surface area contributed by atoms with Crippen molar-refractivity contribution in [2.75, 3.05) is 13.2 Å². The molecular weight excluding hydrogens is 250 g/mol. The van der Waals surface area contributed by atoms with Crippen molar-refractivity contribution in [1.82, 2.24) is 5.32 Å². The van der Waals surface area contributed by atoms with Gasteiger partial charge in [0.2, 0.25) is 0 Å². The molecule has 0 saturated heterocycles. The van der Waals surface area contributed by atoms with Crippen molar-refractivity contribution >= 4 is 0 Å². The Morgan fingerprint density at radius 1 is 1.05 bits per heavy atom. The summed E-state index contributed by atoms with van der Waals surface area (Å²) >= 11 is 0. The number of ether oxygens (including phenoxy) is 2. The lowest BCUT2D eigenvalue weighted by molar-refractivity contribution is 0.168. The van der Waals surface area contributed by atoms with Crippen LogP contribution in [0.2, 0.25) is 0 Å². The van der Waals surface area contributed by atoms with E-state index in [1.807, 2.05) is 6.07 Å². The van der Waals surface area contributed by atoms with Gasteiger partial charge in [0.15, 0.2) is 11.5 Å². The van der Waals surface area contributed by atoms with E-state index in [9.17, 15) is 0 Å². The van der Waals surface area contributed by atoms with Gasteiger partial charge < -0.3 is 14.8 Å². The van der Waals surface area contributed by atoms with Gasteiger partial charge in [0.1, 0.15) is 13.2 Å². The third-order valence-corrected chi connectivity index (χ3v) is 4.40. The van der Waals surface area contributed by atoms with Crippen LogP contribution in [0.15, 0.2) is 18.2 Å². The van der Waals surface area contributed by atoms with E-state index >= 15 is 0 Å². The van der Waals surface area contributed by atoms with Gasteiger partial charge in [0.25, 0.3) is 0 Å². The zero-order valence-electron chi connectivity index (χ0n) is 12.4. The Hall–Kier alpha value is -1.22. The molecule has 3 nitrogen and oxygen atoms in total. The summed E-state index contributed by atoms with van der Waals surface area (Å²) in [6, 6.07) is 7.18. The first-order valence-corrected chi connectivity index (χ1v) is 7.99. The molecule has 3 rings (SSSR count). The average Bonchev–Trinajstić information content (AvgIpc) is 2.75. The first-order valence-electron chi connectivity index (χ1n) is 7.99. The molecule has 110 valence electrons. The minimum atomic E-state index is 0.315. The van der Waals surface area contributed by atoms with Crippen LogP contribution in [0.5, 0.6) is 11.5 Å². The summed E-state index contributed by atoms with van der Waals surface area (Å²) in [5, 5.41) is 3.79. The predicted octanol–water partition coefficient (Wildman–Crippen LogP) is 3.83. The molecule has 2 aliphatic rings. The number of rotatable bonds is 3. The molecule has 1 N–H and O–H groups in total. The SMILES string of the molecule is CC(NC1CCCCCC1)c1cccc2c1OCCO2. The number of benzene rings is 1. The molecular formula is C17H25NO2. The van der Waals surface area contributed by atoms with Crippen molar-refractivity contribution in [3.63, 3.8) is 0 Å². The van der Waals surface area contributed by atoms with Gasteiger partial charge in [-0.05, 0) is 25.8 Å². The molecule has 1 atom stereocenters. The molecule has 0 bridgehead atoms. The van der Waals surface area contributed by atoms with Gasteiger partial charge in [0, 0.05) is 17.6 Å². The third-order valence-electron chi connectivity index (χ3n) is 4.40. The first-order chi connectivity index (χ1) is 9.84. The molecule has 1 aromatic carbocycles.